The molecule has 0 bridgehead atoms. The molecule has 0 heterocycles. The van der Waals surface area contributed by atoms with Crippen molar-refractivity contribution in [2.45, 2.75) is 98.0 Å². The Hall–Kier alpha value is -1.05. The second kappa shape index (κ2) is 15.0. The average molecular weight is 579 g/mol. The van der Waals surface area contributed by atoms with Gasteiger partial charge >= 0.3 is 201 Å². The van der Waals surface area contributed by atoms with Crippen molar-refractivity contribution in [2.24, 2.45) is 0 Å². The molecule has 2 nitrogen and oxygen atoms in total. The summed E-state index contributed by atoms with van der Waals surface area (Å²) in [6.07, 6.45) is 5.09. The van der Waals surface area contributed by atoms with Crippen molar-refractivity contribution in [2.75, 3.05) is 7.11 Å². The van der Waals surface area contributed by atoms with E-state index in [0.717, 1.165) is 61.5 Å². The van der Waals surface area contributed by atoms with Crippen LogP contribution in [-0.2, 0) is 15.7 Å². The summed E-state index contributed by atoms with van der Waals surface area (Å²) in [4.78, 5) is 11.5. The first-order chi connectivity index (χ1) is 15.6. The van der Waals surface area contributed by atoms with E-state index in [2.05, 4.69) is 26.8 Å². The molecular formula is C26H40F4O2Sn. The topological polar surface area (TPSA) is 26.3 Å². The number of esters is 1. The van der Waals surface area contributed by atoms with Gasteiger partial charge in [-0.3, -0.25) is 0 Å². The molecule has 0 saturated carbocycles. The fraction of sp³-hybridized carbons (Fsp3) is 0.654. The number of ether oxygens (including phenoxy) is 1. The van der Waals surface area contributed by atoms with Gasteiger partial charge in [-0.2, -0.15) is 0 Å². The predicted octanol–water partition coefficient (Wildman–Crippen LogP) is 8.96. The zero-order valence-electron chi connectivity index (χ0n) is 20.6. The van der Waals surface area contributed by atoms with Crippen LogP contribution in [0.4, 0.5) is 17.6 Å². The van der Waals surface area contributed by atoms with Crippen LogP contribution in [0.5, 0.6) is 0 Å². The van der Waals surface area contributed by atoms with Crippen molar-refractivity contribution in [1.82, 2.24) is 0 Å². The quantitative estimate of drug-likeness (QED) is 0.0898. The molecule has 0 aromatic heterocycles. The van der Waals surface area contributed by atoms with E-state index in [9.17, 15) is 22.4 Å². The summed E-state index contributed by atoms with van der Waals surface area (Å²) < 4.78 is 63.9. The fourth-order valence-electron chi connectivity index (χ4n) is 4.47. The molecule has 0 saturated heterocycles. The van der Waals surface area contributed by atoms with Gasteiger partial charge in [-0.15, -0.1) is 0 Å². The van der Waals surface area contributed by atoms with Crippen LogP contribution in [0, 0.1) is 5.82 Å². The van der Waals surface area contributed by atoms with Gasteiger partial charge in [0.25, 0.3) is 0 Å². The molecule has 0 atom stereocenters. The molecule has 188 valence electrons. The molecule has 0 spiro atoms. The number of benzene rings is 1. The summed E-state index contributed by atoms with van der Waals surface area (Å²) >= 11 is -3.18. The number of unbranched alkanes of at least 4 members (excludes halogenated alkanes) is 4. The fourth-order valence-corrected chi connectivity index (χ4v) is 21.5. The van der Waals surface area contributed by atoms with Crippen molar-refractivity contribution in [3.63, 3.8) is 0 Å². The Morgan fingerprint density at radius 2 is 1.48 bits per heavy atom. The first-order valence-corrected chi connectivity index (χ1v) is 19.8. The summed E-state index contributed by atoms with van der Waals surface area (Å²) in [6.45, 7) is 6.42. The molecule has 0 aliphatic heterocycles. The number of hydrogen-bond donors (Lipinski definition) is 0. The normalized spacial score (nSPS) is 12.8. The van der Waals surface area contributed by atoms with Crippen LogP contribution in [0.3, 0.4) is 0 Å². The number of methoxy groups -OCH3 is 1. The molecule has 0 aliphatic rings. The first-order valence-electron chi connectivity index (χ1n) is 12.3. The van der Waals surface area contributed by atoms with Crippen LogP contribution >= 0.6 is 0 Å². The number of carbonyl (C=O) groups is 1. The number of allylic oxidation sites excluding steroid dienone is 1. The standard InChI is InChI=1S/C14H13F4O2.3C4H9.Sn/c1-20-13(19)6-4-2-3-5-10-7-11(14(16,17)18)9-12(15)8-10;3*1-3-4-2;/h3,7-9H,2,4,6H2,1H3;3*1,3-4H2,2H3;. The number of alkyl halides is 3. The van der Waals surface area contributed by atoms with Crippen molar-refractivity contribution in [3.8, 4) is 0 Å². The minimum atomic E-state index is -4.60. The van der Waals surface area contributed by atoms with Gasteiger partial charge in [0, 0.05) is 0 Å². The van der Waals surface area contributed by atoms with Gasteiger partial charge < -0.3 is 0 Å². The van der Waals surface area contributed by atoms with Crippen LogP contribution in [0.25, 0.3) is 3.59 Å². The number of halogens is 4. The zero-order chi connectivity index (χ0) is 24.9. The molecule has 33 heavy (non-hydrogen) atoms. The SMILES string of the molecule is CCC[CH2][Sn]([CH2]CCC)([CH2]CCC)[C](=CCCCC(=O)OC)c1cc(F)cc(C(F)(F)F)c1. The van der Waals surface area contributed by atoms with E-state index in [4.69, 9.17) is 4.74 Å². The van der Waals surface area contributed by atoms with Gasteiger partial charge in [-0.1, -0.05) is 0 Å². The second-order valence-corrected chi connectivity index (χ2v) is 22.0. The predicted molar refractivity (Wildman–Crippen MR) is 130 cm³/mol. The Morgan fingerprint density at radius 3 is 1.94 bits per heavy atom. The molecule has 0 N–H and O–H groups in total. The van der Waals surface area contributed by atoms with Gasteiger partial charge in [0.05, 0.1) is 0 Å². The summed E-state index contributed by atoms with van der Waals surface area (Å²) in [5.74, 6) is -1.14. The van der Waals surface area contributed by atoms with E-state index in [1.807, 2.05) is 0 Å². The Kier molecular flexibility index (Phi) is 13.7. The molecular weight excluding hydrogens is 539 g/mol. The monoisotopic (exact) mass is 580 g/mol. The van der Waals surface area contributed by atoms with E-state index in [-0.39, 0.29) is 12.4 Å². The van der Waals surface area contributed by atoms with E-state index in [1.165, 1.54) is 13.2 Å². The third-order valence-corrected chi connectivity index (χ3v) is 22.2. The number of rotatable bonds is 15. The van der Waals surface area contributed by atoms with Crippen LogP contribution in [0.2, 0.25) is 13.3 Å². The maximum absolute atomic E-state index is 14.4. The van der Waals surface area contributed by atoms with E-state index in [0.29, 0.717) is 24.5 Å². The number of hydrogen-bond acceptors (Lipinski definition) is 2. The average Bonchev–Trinajstić information content (AvgIpc) is 2.78. The third-order valence-electron chi connectivity index (χ3n) is 6.30. The molecule has 0 unspecified atom stereocenters. The summed E-state index contributed by atoms with van der Waals surface area (Å²) in [7, 11) is 1.34. The summed E-state index contributed by atoms with van der Waals surface area (Å²) in [5, 5.41) is 0. The Bertz CT molecular complexity index is 737. The zero-order valence-corrected chi connectivity index (χ0v) is 23.5. The van der Waals surface area contributed by atoms with Crippen LogP contribution in [-0.4, -0.2) is 31.5 Å². The Labute approximate surface area is 201 Å². The molecule has 0 aliphatic carbocycles. The molecule has 0 fully saturated rings. The molecule has 1 aromatic rings. The van der Waals surface area contributed by atoms with Crippen molar-refractivity contribution < 1.29 is 27.1 Å². The molecule has 0 radical (unpaired) electrons. The van der Waals surface area contributed by atoms with Crippen molar-refractivity contribution >= 4 is 27.9 Å². The van der Waals surface area contributed by atoms with Crippen molar-refractivity contribution in [1.29, 1.82) is 0 Å². The van der Waals surface area contributed by atoms with E-state index < -0.39 is 35.9 Å². The number of carbonyl (C=O) groups excluding carboxylic acids is 1. The Balaban J connectivity index is 3.60. The third kappa shape index (κ3) is 9.99. The van der Waals surface area contributed by atoms with Crippen LogP contribution in [0.15, 0.2) is 24.3 Å². The molecule has 7 heteroatoms. The maximum atomic E-state index is 14.4. The van der Waals surface area contributed by atoms with Crippen LogP contribution < -0.4 is 0 Å². The second-order valence-electron chi connectivity index (χ2n) is 8.90. The first kappa shape index (κ1) is 30.0. The molecule has 1 aromatic carbocycles. The Morgan fingerprint density at radius 1 is 0.939 bits per heavy atom. The van der Waals surface area contributed by atoms with E-state index in [1.54, 1.807) is 0 Å². The minimum absolute atomic E-state index is 0.263. The van der Waals surface area contributed by atoms with Gasteiger partial charge in [-0.05, 0) is 0 Å². The molecule has 1 rings (SSSR count). The van der Waals surface area contributed by atoms with Gasteiger partial charge in [0.2, 0.25) is 0 Å². The van der Waals surface area contributed by atoms with E-state index >= 15 is 0 Å². The summed E-state index contributed by atoms with van der Waals surface area (Å²) in [6, 6.07) is 3.02. The van der Waals surface area contributed by atoms with Gasteiger partial charge in [-0.25, -0.2) is 0 Å². The van der Waals surface area contributed by atoms with Gasteiger partial charge in [0.15, 0.2) is 0 Å². The van der Waals surface area contributed by atoms with Gasteiger partial charge in [0.1, 0.15) is 0 Å². The van der Waals surface area contributed by atoms with Crippen molar-refractivity contribution in [3.05, 3.63) is 41.2 Å². The molecule has 0 amide bonds. The summed E-state index contributed by atoms with van der Waals surface area (Å²) in [5.41, 5.74) is -0.529. The van der Waals surface area contributed by atoms with Crippen LogP contribution in [0.1, 0.15) is 89.7 Å².